The highest BCUT2D eigenvalue weighted by Gasteiger charge is 2.28. The molecule has 17 heavy (non-hydrogen) atoms. The number of hydrogen-bond acceptors (Lipinski definition) is 3. The van der Waals surface area contributed by atoms with E-state index < -0.39 is 0 Å². The molecule has 1 saturated carbocycles. The number of halogens is 1. The summed E-state index contributed by atoms with van der Waals surface area (Å²) in [5, 5.41) is 9.00. The lowest BCUT2D eigenvalue weighted by atomic mass is 10.2. The van der Waals surface area contributed by atoms with Crippen LogP contribution in [0.4, 0.5) is 5.69 Å². The Labute approximate surface area is 104 Å². The molecule has 3 rings (SSSR count). The van der Waals surface area contributed by atoms with E-state index in [1.807, 2.05) is 19.1 Å². The maximum atomic E-state index is 6.02. The molecule has 0 spiro atoms. The van der Waals surface area contributed by atoms with Gasteiger partial charge in [0.15, 0.2) is 5.82 Å². The Balaban J connectivity index is 2.14. The summed E-state index contributed by atoms with van der Waals surface area (Å²) in [6.07, 6.45) is 2.39. The van der Waals surface area contributed by atoms with Crippen molar-refractivity contribution in [2.75, 3.05) is 5.73 Å². The summed E-state index contributed by atoms with van der Waals surface area (Å²) in [5.41, 5.74) is 7.38. The summed E-state index contributed by atoms with van der Waals surface area (Å²) in [6.45, 7) is 1.97. The van der Waals surface area contributed by atoms with Gasteiger partial charge in [-0.3, -0.25) is 0 Å². The van der Waals surface area contributed by atoms with Crippen LogP contribution >= 0.6 is 11.6 Å². The summed E-state index contributed by atoms with van der Waals surface area (Å²) in [4.78, 5) is 0. The molecular formula is C12H13ClN4. The number of nitrogens with two attached hydrogens (primary N) is 1. The lowest BCUT2D eigenvalue weighted by molar-refractivity contribution is 0.717. The fraction of sp³-hybridized carbons (Fsp3) is 0.333. The van der Waals surface area contributed by atoms with Gasteiger partial charge in [0.25, 0.3) is 0 Å². The fourth-order valence-electron chi connectivity index (χ4n) is 2.08. The van der Waals surface area contributed by atoms with Gasteiger partial charge in [0.1, 0.15) is 5.82 Å². The van der Waals surface area contributed by atoms with E-state index in [0.29, 0.717) is 16.8 Å². The summed E-state index contributed by atoms with van der Waals surface area (Å²) in [6, 6.07) is 6.03. The monoisotopic (exact) mass is 248 g/mol. The molecule has 0 saturated heterocycles. The van der Waals surface area contributed by atoms with Crippen LogP contribution in [0.5, 0.6) is 0 Å². The van der Waals surface area contributed by atoms with E-state index in [1.54, 1.807) is 6.07 Å². The number of nitrogens with zero attached hydrogens (tertiary/aromatic N) is 3. The summed E-state index contributed by atoms with van der Waals surface area (Å²) >= 11 is 6.02. The minimum absolute atomic E-state index is 0.542. The first kappa shape index (κ1) is 10.6. The van der Waals surface area contributed by atoms with Crippen molar-refractivity contribution in [1.29, 1.82) is 0 Å². The molecule has 0 bridgehead atoms. The van der Waals surface area contributed by atoms with Gasteiger partial charge in [-0.15, -0.1) is 10.2 Å². The molecule has 0 radical (unpaired) electrons. The molecule has 1 heterocycles. The molecule has 0 unspecified atom stereocenters. The third-order valence-corrected chi connectivity index (χ3v) is 3.17. The molecule has 4 nitrogen and oxygen atoms in total. The molecule has 0 aliphatic heterocycles. The Bertz CT molecular complexity index is 552. The number of hydrogen-bond donors (Lipinski definition) is 1. The zero-order chi connectivity index (χ0) is 12.0. The highest BCUT2D eigenvalue weighted by atomic mass is 35.5. The molecule has 1 aliphatic carbocycles. The van der Waals surface area contributed by atoms with Crippen molar-refractivity contribution in [2.45, 2.75) is 25.8 Å². The Hall–Kier alpha value is -1.55. The average molecular weight is 249 g/mol. The van der Waals surface area contributed by atoms with E-state index in [1.165, 1.54) is 12.8 Å². The standard InChI is InChI=1S/C12H13ClN4/c1-7-15-16-12(17(7)11-2-3-11)8-4-9(13)6-10(14)5-8/h4-6,11H,2-3,14H2,1H3. The van der Waals surface area contributed by atoms with E-state index >= 15 is 0 Å². The Morgan fingerprint density at radius 2 is 2.06 bits per heavy atom. The van der Waals surface area contributed by atoms with Gasteiger partial charge in [-0.25, -0.2) is 0 Å². The molecule has 2 N–H and O–H groups in total. The van der Waals surface area contributed by atoms with Crippen LogP contribution in [0, 0.1) is 6.92 Å². The number of nitrogen functional groups attached to an aromatic ring is 1. The van der Waals surface area contributed by atoms with Crippen molar-refractivity contribution in [3.8, 4) is 11.4 Å². The molecule has 88 valence electrons. The smallest absolute Gasteiger partial charge is 0.164 e. The second-order valence-electron chi connectivity index (χ2n) is 4.45. The first-order valence-electron chi connectivity index (χ1n) is 5.63. The van der Waals surface area contributed by atoms with Crippen molar-refractivity contribution in [2.24, 2.45) is 0 Å². The van der Waals surface area contributed by atoms with Gasteiger partial charge < -0.3 is 10.3 Å². The predicted molar refractivity (Wildman–Crippen MR) is 67.9 cm³/mol. The lowest BCUT2D eigenvalue weighted by Crippen LogP contribution is -2.00. The van der Waals surface area contributed by atoms with Gasteiger partial charge in [0.2, 0.25) is 0 Å². The van der Waals surface area contributed by atoms with Crippen molar-refractivity contribution in [3.63, 3.8) is 0 Å². The van der Waals surface area contributed by atoms with E-state index in [4.69, 9.17) is 17.3 Å². The normalized spacial score (nSPS) is 15.2. The van der Waals surface area contributed by atoms with E-state index in [0.717, 1.165) is 17.2 Å². The lowest BCUT2D eigenvalue weighted by Gasteiger charge is -2.07. The Kier molecular flexibility index (Phi) is 2.33. The number of anilines is 1. The highest BCUT2D eigenvalue weighted by molar-refractivity contribution is 6.31. The van der Waals surface area contributed by atoms with Crippen LogP contribution in [0.3, 0.4) is 0 Å². The van der Waals surface area contributed by atoms with Gasteiger partial charge in [-0.1, -0.05) is 11.6 Å². The van der Waals surface area contributed by atoms with Crippen LogP contribution in [-0.4, -0.2) is 14.8 Å². The van der Waals surface area contributed by atoms with Crippen molar-refractivity contribution >= 4 is 17.3 Å². The average Bonchev–Trinajstić information content (AvgIpc) is 3.01. The van der Waals surface area contributed by atoms with Gasteiger partial charge in [0.05, 0.1) is 0 Å². The molecule has 0 atom stereocenters. The van der Waals surface area contributed by atoms with Gasteiger partial charge >= 0.3 is 0 Å². The second kappa shape index (κ2) is 3.74. The highest BCUT2D eigenvalue weighted by Crippen LogP contribution is 2.39. The van der Waals surface area contributed by atoms with Crippen molar-refractivity contribution < 1.29 is 0 Å². The van der Waals surface area contributed by atoms with Crippen LogP contribution in [0.15, 0.2) is 18.2 Å². The van der Waals surface area contributed by atoms with Gasteiger partial charge in [-0.2, -0.15) is 0 Å². The van der Waals surface area contributed by atoms with E-state index in [9.17, 15) is 0 Å². The Morgan fingerprint density at radius 1 is 1.29 bits per heavy atom. The quantitative estimate of drug-likeness (QED) is 0.832. The minimum Gasteiger partial charge on any atom is -0.399 e. The maximum Gasteiger partial charge on any atom is 0.164 e. The number of aryl methyl sites for hydroxylation is 1. The summed E-state index contributed by atoms with van der Waals surface area (Å²) in [7, 11) is 0. The zero-order valence-electron chi connectivity index (χ0n) is 9.52. The zero-order valence-corrected chi connectivity index (χ0v) is 10.3. The van der Waals surface area contributed by atoms with Gasteiger partial charge in [-0.05, 0) is 38.0 Å². The molecule has 1 aliphatic rings. The SMILES string of the molecule is Cc1nnc(-c2cc(N)cc(Cl)c2)n1C1CC1. The minimum atomic E-state index is 0.542. The molecular weight excluding hydrogens is 236 g/mol. The Morgan fingerprint density at radius 3 is 2.71 bits per heavy atom. The number of aromatic nitrogens is 3. The van der Waals surface area contributed by atoms with Crippen LogP contribution in [0.2, 0.25) is 5.02 Å². The third-order valence-electron chi connectivity index (χ3n) is 2.96. The predicted octanol–water partition coefficient (Wildman–Crippen LogP) is 2.82. The number of benzene rings is 1. The number of rotatable bonds is 2. The van der Waals surface area contributed by atoms with Gasteiger partial charge in [0, 0.05) is 22.3 Å². The molecule has 2 aromatic rings. The fourth-order valence-corrected chi connectivity index (χ4v) is 2.32. The summed E-state index contributed by atoms with van der Waals surface area (Å²) in [5.74, 6) is 1.81. The van der Waals surface area contributed by atoms with E-state index in [2.05, 4.69) is 14.8 Å². The van der Waals surface area contributed by atoms with Crippen LogP contribution in [0.1, 0.15) is 24.7 Å². The summed E-state index contributed by atoms with van der Waals surface area (Å²) < 4.78 is 2.17. The second-order valence-corrected chi connectivity index (χ2v) is 4.88. The first-order valence-corrected chi connectivity index (χ1v) is 6.01. The molecule has 1 aromatic carbocycles. The molecule has 1 fully saturated rings. The van der Waals surface area contributed by atoms with Crippen molar-refractivity contribution in [1.82, 2.24) is 14.8 Å². The van der Waals surface area contributed by atoms with Crippen LogP contribution < -0.4 is 5.73 Å². The van der Waals surface area contributed by atoms with Crippen molar-refractivity contribution in [3.05, 3.63) is 29.0 Å². The third kappa shape index (κ3) is 1.89. The molecule has 5 heteroatoms. The largest absolute Gasteiger partial charge is 0.399 e. The molecule has 1 aromatic heterocycles. The maximum absolute atomic E-state index is 6.02. The molecule has 0 amide bonds. The topological polar surface area (TPSA) is 56.7 Å². The van der Waals surface area contributed by atoms with E-state index in [-0.39, 0.29) is 0 Å². The van der Waals surface area contributed by atoms with Crippen LogP contribution in [-0.2, 0) is 0 Å². The van der Waals surface area contributed by atoms with Crippen LogP contribution in [0.25, 0.3) is 11.4 Å². The first-order chi connectivity index (χ1) is 8.15.